The second-order valence-corrected chi connectivity index (χ2v) is 4.62. The maximum Gasteiger partial charge on any atom is 0.118 e. The molecule has 1 aliphatic heterocycles. The largest absolute Gasteiger partial charge is 0.396 e. The van der Waals surface area contributed by atoms with E-state index in [4.69, 9.17) is 5.11 Å². The quantitative estimate of drug-likeness (QED) is 0.726. The molecule has 1 rings (SSSR count). The van der Waals surface area contributed by atoms with Gasteiger partial charge in [-0.05, 0) is 45.7 Å². The monoisotopic (exact) mass is 189 g/mol. The number of nitrogens with zero attached hydrogens (tertiary/aromatic N) is 1. The van der Waals surface area contributed by atoms with Crippen molar-refractivity contribution in [2.75, 3.05) is 26.2 Å². The number of rotatable bonds is 3. The van der Waals surface area contributed by atoms with E-state index in [1.54, 1.807) is 13.8 Å². The molecule has 1 heterocycles. The van der Waals surface area contributed by atoms with E-state index in [0.717, 1.165) is 25.9 Å². The highest BCUT2D eigenvalue weighted by Crippen LogP contribution is 2.19. The van der Waals surface area contributed by atoms with Crippen LogP contribution >= 0.6 is 0 Å². The molecule has 3 heteroatoms. The van der Waals surface area contributed by atoms with Gasteiger partial charge in [0.05, 0.1) is 0 Å². The third kappa shape index (κ3) is 4.05. The Morgan fingerprint density at radius 1 is 1.38 bits per heavy atom. The number of likely N-dealkylation sites (tertiary alicyclic amines) is 1. The van der Waals surface area contributed by atoms with Crippen LogP contribution in [0.5, 0.6) is 0 Å². The van der Waals surface area contributed by atoms with E-state index < -0.39 is 5.67 Å². The number of hydrogen-bond donors (Lipinski definition) is 1. The molecule has 0 atom stereocenters. The lowest BCUT2D eigenvalue weighted by molar-refractivity contribution is 0.0801. The molecule has 0 aromatic rings. The predicted molar refractivity (Wildman–Crippen MR) is 51.4 cm³/mol. The first-order valence-corrected chi connectivity index (χ1v) is 5.03. The van der Waals surface area contributed by atoms with Crippen LogP contribution in [0.1, 0.15) is 26.7 Å². The summed E-state index contributed by atoms with van der Waals surface area (Å²) in [6.07, 6.45) is 2.01. The fourth-order valence-corrected chi connectivity index (χ4v) is 1.86. The lowest BCUT2D eigenvalue weighted by Gasteiger charge is -2.33. The van der Waals surface area contributed by atoms with Gasteiger partial charge >= 0.3 is 0 Å². The molecule has 0 aromatic heterocycles. The van der Waals surface area contributed by atoms with Crippen LogP contribution in [0.25, 0.3) is 0 Å². The summed E-state index contributed by atoms with van der Waals surface area (Å²) in [6.45, 7) is 5.89. The van der Waals surface area contributed by atoms with Crippen molar-refractivity contribution in [2.24, 2.45) is 5.92 Å². The van der Waals surface area contributed by atoms with E-state index >= 15 is 0 Å². The Labute approximate surface area is 79.7 Å². The zero-order valence-electron chi connectivity index (χ0n) is 8.59. The van der Waals surface area contributed by atoms with Crippen LogP contribution in [-0.2, 0) is 0 Å². The highest BCUT2D eigenvalue weighted by molar-refractivity contribution is 4.77. The van der Waals surface area contributed by atoms with Crippen LogP contribution in [0.15, 0.2) is 0 Å². The van der Waals surface area contributed by atoms with Crippen molar-refractivity contribution in [3.8, 4) is 0 Å². The van der Waals surface area contributed by atoms with Crippen molar-refractivity contribution in [1.29, 1.82) is 0 Å². The normalized spacial score (nSPS) is 22.2. The van der Waals surface area contributed by atoms with Gasteiger partial charge in [0.25, 0.3) is 0 Å². The summed E-state index contributed by atoms with van der Waals surface area (Å²) in [5.74, 6) is 0.443. The molecule has 0 radical (unpaired) electrons. The first kappa shape index (κ1) is 10.9. The molecule has 78 valence electrons. The Morgan fingerprint density at radius 2 is 1.92 bits per heavy atom. The van der Waals surface area contributed by atoms with Crippen molar-refractivity contribution < 1.29 is 9.50 Å². The molecule has 2 nitrogen and oxygen atoms in total. The molecular formula is C10H20FNO. The summed E-state index contributed by atoms with van der Waals surface area (Å²) >= 11 is 0. The maximum absolute atomic E-state index is 13.3. The third-order valence-electron chi connectivity index (χ3n) is 2.56. The average molecular weight is 189 g/mol. The van der Waals surface area contributed by atoms with Gasteiger partial charge in [0.15, 0.2) is 0 Å². The molecule has 0 aliphatic carbocycles. The van der Waals surface area contributed by atoms with Crippen LogP contribution in [0, 0.1) is 5.92 Å². The Bertz CT molecular complexity index is 147. The van der Waals surface area contributed by atoms with Crippen molar-refractivity contribution in [1.82, 2.24) is 4.90 Å². The Kier molecular flexibility index (Phi) is 3.68. The van der Waals surface area contributed by atoms with Gasteiger partial charge in [0, 0.05) is 13.2 Å². The molecule has 0 saturated carbocycles. The van der Waals surface area contributed by atoms with E-state index in [-0.39, 0.29) is 6.61 Å². The molecule has 0 spiro atoms. The standard InChI is InChI=1S/C10H20FNO/c1-10(2,11)8-12-5-3-9(7-13)4-6-12/h9,13H,3-8H2,1-2H3. The number of aliphatic hydroxyl groups excluding tert-OH is 1. The molecule has 1 fully saturated rings. The molecule has 1 aliphatic rings. The summed E-state index contributed by atoms with van der Waals surface area (Å²) in [4.78, 5) is 2.14. The number of alkyl halides is 1. The van der Waals surface area contributed by atoms with E-state index in [0.29, 0.717) is 12.5 Å². The Hall–Kier alpha value is -0.150. The smallest absolute Gasteiger partial charge is 0.118 e. The van der Waals surface area contributed by atoms with Gasteiger partial charge in [0.1, 0.15) is 5.67 Å². The molecule has 13 heavy (non-hydrogen) atoms. The minimum atomic E-state index is -1.09. The van der Waals surface area contributed by atoms with Gasteiger partial charge in [-0.2, -0.15) is 0 Å². The van der Waals surface area contributed by atoms with E-state index in [1.807, 2.05) is 0 Å². The lowest BCUT2D eigenvalue weighted by atomic mass is 9.97. The van der Waals surface area contributed by atoms with Gasteiger partial charge in [0.2, 0.25) is 0 Å². The topological polar surface area (TPSA) is 23.5 Å². The van der Waals surface area contributed by atoms with Gasteiger partial charge < -0.3 is 10.0 Å². The molecule has 0 bridgehead atoms. The third-order valence-corrected chi connectivity index (χ3v) is 2.56. The fourth-order valence-electron chi connectivity index (χ4n) is 1.86. The number of halogens is 1. The van der Waals surface area contributed by atoms with E-state index in [9.17, 15) is 4.39 Å². The number of aliphatic hydroxyl groups is 1. The molecule has 0 aromatic carbocycles. The van der Waals surface area contributed by atoms with Gasteiger partial charge in [-0.3, -0.25) is 0 Å². The Morgan fingerprint density at radius 3 is 2.31 bits per heavy atom. The average Bonchev–Trinajstić information content (AvgIpc) is 2.03. The second-order valence-electron chi connectivity index (χ2n) is 4.62. The molecular weight excluding hydrogens is 169 g/mol. The number of hydrogen-bond acceptors (Lipinski definition) is 2. The first-order valence-electron chi connectivity index (χ1n) is 5.03. The minimum absolute atomic E-state index is 0.285. The zero-order chi connectivity index (χ0) is 9.90. The molecule has 1 N–H and O–H groups in total. The fraction of sp³-hybridized carbons (Fsp3) is 1.00. The summed E-state index contributed by atoms with van der Waals surface area (Å²) in [5, 5.41) is 8.92. The van der Waals surface area contributed by atoms with Gasteiger partial charge in [-0.15, -0.1) is 0 Å². The summed E-state index contributed by atoms with van der Waals surface area (Å²) < 4.78 is 13.3. The van der Waals surface area contributed by atoms with E-state index in [2.05, 4.69) is 4.90 Å². The Balaban J connectivity index is 2.25. The van der Waals surface area contributed by atoms with Crippen LogP contribution < -0.4 is 0 Å². The van der Waals surface area contributed by atoms with Crippen molar-refractivity contribution in [2.45, 2.75) is 32.4 Å². The molecule has 0 unspecified atom stereocenters. The van der Waals surface area contributed by atoms with Crippen LogP contribution in [0.2, 0.25) is 0 Å². The lowest BCUT2D eigenvalue weighted by Crippen LogP contribution is -2.41. The van der Waals surface area contributed by atoms with Gasteiger partial charge in [-0.1, -0.05) is 0 Å². The van der Waals surface area contributed by atoms with Crippen LogP contribution in [0.4, 0.5) is 4.39 Å². The van der Waals surface area contributed by atoms with Crippen molar-refractivity contribution in [3.05, 3.63) is 0 Å². The van der Waals surface area contributed by atoms with Crippen molar-refractivity contribution >= 4 is 0 Å². The first-order chi connectivity index (χ1) is 6.01. The predicted octanol–water partition coefficient (Wildman–Crippen LogP) is 1.44. The summed E-state index contributed by atoms with van der Waals surface area (Å²) in [5.41, 5.74) is -1.09. The van der Waals surface area contributed by atoms with E-state index in [1.165, 1.54) is 0 Å². The molecule has 1 saturated heterocycles. The second kappa shape index (κ2) is 4.38. The number of piperidine rings is 1. The maximum atomic E-state index is 13.3. The molecule has 0 amide bonds. The van der Waals surface area contributed by atoms with Crippen molar-refractivity contribution in [3.63, 3.8) is 0 Å². The van der Waals surface area contributed by atoms with Crippen LogP contribution in [-0.4, -0.2) is 41.9 Å². The SMILES string of the molecule is CC(C)(F)CN1CCC(CO)CC1. The minimum Gasteiger partial charge on any atom is -0.396 e. The highest BCUT2D eigenvalue weighted by atomic mass is 19.1. The summed E-state index contributed by atoms with van der Waals surface area (Å²) in [7, 11) is 0. The van der Waals surface area contributed by atoms with Gasteiger partial charge in [-0.25, -0.2) is 4.39 Å². The summed E-state index contributed by atoms with van der Waals surface area (Å²) in [6, 6.07) is 0. The highest BCUT2D eigenvalue weighted by Gasteiger charge is 2.24. The van der Waals surface area contributed by atoms with Crippen LogP contribution in [0.3, 0.4) is 0 Å². The zero-order valence-corrected chi connectivity index (χ0v) is 8.59.